The number of rotatable bonds is 8. The molecule has 21 heavy (non-hydrogen) atoms. The number of sulfonamides is 1. The number of carboxylic acids is 1. The van der Waals surface area contributed by atoms with Gasteiger partial charge in [-0.05, 0) is 33.8 Å². The molecule has 1 heterocycles. The number of hydrogen-bond acceptors (Lipinski definition) is 5. The van der Waals surface area contributed by atoms with E-state index in [-0.39, 0.29) is 9.77 Å². The van der Waals surface area contributed by atoms with Crippen LogP contribution in [0.4, 0.5) is 0 Å². The lowest BCUT2D eigenvalue weighted by Gasteiger charge is -2.27. The molecule has 1 aromatic rings. The van der Waals surface area contributed by atoms with Gasteiger partial charge in [0, 0.05) is 10.9 Å². The molecule has 0 fully saturated rings. The largest absolute Gasteiger partial charge is 0.545 e. The van der Waals surface area contributed by atoms with Crippen LogP contribution in [0.3, 0.4) is 0 Å². The quantitative estimate of drug-likeness (QED) is 0.644. The van der Waals surface area contributed by atoms with Gasteiger partial charge in [0.15, 0.2) is 0 Å². The van der Waals surface area contributed by atoms with Crippen molar-refractivity contribution in [1.29, 1.82) is 0 Å². The Labute approximate surface area is 129 Å². The number of carbonyl (C=O) groups excluding carboxylic acids is 1. The zero-order chi connectivity index (χ0) is 16.2. The van der Waals surface area contributed by atoms with Crippen LogP contribution in [0.1, 0.15) is 38.1 Å². The van der Waals surface area contributed by atoms with Crippen LogP contribution in [0.25, 0.3) is 0 Å². The Balaban J connectivity index is 2.66. The van der Waals surface area contributed by atoms with Gasteiger partial charge in [-0.1, -0.05) is 0 Å². The van der Waals surface area contributed by atoms with Gasteiger partial charge in [0.25, 0.3) is 0 Å². The molecule has 0 atom stereocenters. The highest BCUT2D eigenvalue weighted by Crippen LogP contribution is 2.19. The molecular weight excluding hydrogens is 312 g/mol. The minimum absolute atomic E-state index is 0.00246. The summed E-state index contributed by atoms with van der Waals surface area (Å²) in [6.45, 7) is 9.36. The Morgan fingerprint density at radius 2 is 1.90 bits per heavy atom. The van der Waals surface area contributed by atoms with Crippen molar-refractivity contribution in [2.75, 3.05) is 13.1 Å². The first-order valence-corrected chi connectivity index (χ1v) is 9.16. The Kier molecular flexibility index (Phi) is 6.33. The summed E-state index contributed by atoms with van der Waals surface area (Å²) in [4.78, 5) is 12.0. The molecule has 0 bridgehead atoms. The molecule has 0 spiro atoms. The fourth-order valence-electron chi connectivity index (χ4n) is 2.21. The maximum Gasteiger partial charge on any atom is 0.250 e. The molecule has 0 saturated heterocycles. The number of aromatic carboxylic acids is 1. The molecule has 0 amide bonds. The van der Waals surface area contributed by atoms with Crippen molar-refractivity contribution in [2.45, 2.75) is 44.0 Å². The molecule has 6 nitrogen and oxygen atoms in total. The van der Waals surface area contributed by atoms with Crippen LogP contribution < -0.4 is 14.7 Å². The second-order valence-corrected chi connectivity index (χ2v) is 8.38. The first-order chi connectivity index (χ1) is 9.65. The predicted molar refractivity (Wildman–Crippen MR) is 79.9 cm³/mol. The van der Waals surface area contributed by atoms with E-state index in [1.54, 1.807) is 0 Å². The van der Waals surface area contributed by atoms with E-state index in [0.717, 1.165) is 17.4 Å². The summed E-state index contributed by atoms with van der Waals surface area (Å²) in [6, 6.07) is 1.93. The van der Waals surface area contributed by atoms with E-state index in [9.17, 15) is 18.3 Å². The maximum atomic E-state index is 12.1. The summed E-state index contributed by atoms with van der Waals surface area (Å²) in [5.41, 5.74) is -0.114. The average molecular weight is 334 g/mol. The van der Waals surface area contributed by atoms with E-state index in [0.29, 0.717) is 25.2 Å². The summed E-state index contributed by atoms with van der Waals surface area (Å²) in [5, 5.41) is 11.9. The highest BCUT2D eigenvalue weighted by Gasteiger charge is 2.20. The number of thiophene rings is 1. The number of carbonyl (C=O) groups is 1. The molecule has 2 N–H and O–H groups in total. The molecule has 0 aromatic carbocycles. The lowest BCUT2D eigenvalue weighted by molar-refractivity contribution is -0.941. The summed E-state index contributed by atoms with van der Waals surface area (Å²) in [7, 11) is -3.66. The smallest absolute Gasteiger partial charge is 0.250 e. The van der Waals surface area contributed by atoms with Gasteiger partial charge < -0.3 is 14.8 Å². The van der Waals surface area contributed by atoms with E-state index in [4.69, 9.17) is 0 Å². The van der Waals surface area contributed by atoms with E-state index >= 15 is 0 Å². The third-order valence-electron chi connectivity index (χ3n) is 3.26. The van der Waals surface area contributed by atoms with Gasteiger partial charge in [-0.15, -0.1) is 11.3 Å². The number of hydrogen-bond donors (Lipinski definition) is 2. The summed E-state index contributed by atoms with van der Waals surface area (Å²) in [5.74, 6) is -1.37. The van der Waals surface area contributed by atoms with Crippen LogP contribution in [0, 0.1) is 0 Å². The highest BCUT2D eigenvalue weighted by atomic mass is 32.2. The van der Waals surface area contributed by atoms with Gasteiger partial charge in [-0.25, -0.2) is 13.1 Å². The minimum Gasteiger partial charge on any atom is -0.545 e. The second-order valence-electron chi connectivity index (χ2n) is 5.47. The maximum absolute atomic E-state index is 12.1. The van der Waals surface area contributed by atoms with Crippen molar-refractivity contribution in [3.05, 3.63) is 17.0 Å². The van der Waals surface area contributed by atoms with Crippen molar-refractivity contribution >= 4 is 27.3 Å². The van der Waals surface area contributed by atoms with Crippen molar-refractivity contribution < 1.29 is 23.2 Å². The van der Waals surface area contributed by atoms with Gasteiger partial charge in [0.05, 0.1) is 31.1 Å². The number of quaternary nitrogens is 1. The van der Waals surface area contributed by atoms with Crippen molar-refractivity contribution in [2.24, 2.45) is 0 Å². The fourth-order valence-corrected chi connectivity index (χ4v) is 4.43. The van der Waals surface area contributed by atoms with Crippen LogP contribution in [-0.4, -0.2) is 39.6 Å². The minimum atomic E-state index is -3.66. The zero-order valence-electron chi connectivity index (χ0n) is 12.7. The van der Waals surface area contributed by atoms with Gasteiger partial charge in [-0.2, -0.15) is 0 Å². The molecule has 0 aliphatic carbocycles. The molecule has 0 aliphatic heterocycles. The lowest BCUT2D eigenvalue weighted by atomic mass is 10.2. The second kappa shape index (κ2) is 7.35. The first kappa shape index (κ1) is 18.1. The molecule has 1 rings (SSSR count). The lowest BCUT2D eigenvalue weighted by Crippen LogP contribution is -3.18. The molecule has 0 saturated carbocycles. The molecule has 0 radical (unpaired) electrons. The zero-order valence-corrected chi connectivity index (χ0v) is 14.3. The third kappa shape index (κ3) is 5.06. The Morgan fingerprint density at radius 3 is 2.33 bits per heavy atom. The number of nitrogens with one attached hydrogen (secondary N) is 2. The topological polar surface area (TPSA) is 90.7 Å². The van der Waals surface area contributed by atoms with E-state index < -0.39 is 16.0 Å². The third-order valence-corrected chi connectivity index (χ3v) is 6.17. The SMILES string of the molecule is CC(C)[NH+](CCNS(=O)(=O)c1cc(C(=O)[O-])cs1)C(C)C. The van der Waals surface area contributed by atoms with Gasteiger partial charge >= 0.3 is 0 Å². The van der Waals surface area contributed by atoms with E-state index in [1.165, 1.54) is 10.3 Å². The van der Waals surface area contributed by atoms with Gasteiger partial charge in [0.1, 0.15) is 4.21 Å². The van der Waals surface area contributed by atoms with Crippen LogP contribution in [0.2, 0.25) is 0 Å². The van der Waals surface area contributed by atoms with E-state index in [2.05, 4.69) is 32.4 Å². The predicted octanol–water partition coefficient (Wildman–Crippen LogP) is -0.908. The molecule has 0 unspecified atom stereocenters. The van der Waals surface area contributed by atoms with Gasteiger partial charge in [-0.3, -0.25) is 0 Å². The van der Waals surface area contributed by atoms with Crippen molar-refractivity contribution in [1.82, 2.24) is 4.72 Å². The monoisotopic (exact) mass is 334 g/mol. The standard InChI is InChI=1S/C13H22N2O4S2/c1-9(2)15(10(3)4)6-5-14-21(18,19)12-7-11(8-20-12)13(16)17/h7-10,14H,5-6H2,1-4H3,(H,16,17). The van der Waals surface area contributed by atoms with Crippen molar-refractivity contribution in [3.8, 4) is 0 Å². The Bertz CT molecular complexity index is 571. The summed E-state index contributed by atoms with van der Waals surface area (Å²) in [6.07, 6.45) is 0. The summed E-state index contributed by atoms with van der Waals surface area (Å²) >= 11 is 0.878. The first-order valence-electron chi connectivity index (χ1n) is 6.80. The van der Waals surface area contributed by atoms with Crippen LogP contribution in [0.15, 0.2) is 15.7 Å². The average Bonchev–Trinajstić information content (AvgIpc) is 2.83. The van der Waals surface area contributed by atoms with Crippen LogP contribution in [-0.2, 0) is 10.0 Å². The van der Waals surface area contributed by atoms with Crippen molar-refractivity contribution in [3.63, 3.8) is 0 Å². The number of carboxylic acid groups (broad SMARTS) is 1. The van der Waals surface area contributed by atoms with Crippen LogP contribution >= 0.6 is 11.3 Å². The fraction of sp³-hybridized carbons (Fsp3) is 0.615. The van der Waals surface area contributed by atoms with Gasteiger partial charge in [0.2, 0.25) is 10.0 Å². The highest BCUT2D eigenvalue weighted by molar-refractivity contribution is 7.91. The molecule has 1 aromatic heterocycles. The molecule has 8 heteroatoms. The normalized spacial score (nSPS) is 12.5. The summed E-state index contributed by atoms with van der Waals surface area (Å²) < 4.78 is 26.6. The molecule has 120 valence electrons. The Morgan fingerprint density at radius 1 is 1.33 bits per heavy atom. The van der Waals surface area contributed by atoms with Crippen LogP contribution in [0.5, 0.6) is 0 Å². The Hall–Kier alpha value is -0.960. The molecule has 0 aliphatic rings. The molecular formula is C13H22N2O4S2. The van der Waals surface area contributed by atoms with E-state index in [1.807, 2.05) is 0 Å².